The molecule has 0 spiro atoms. The summed E-state index contributed by atoms with van der Waals surface area (Å²) >= 11 is 0. The Morgan fingerprint density at radius 3 is 3.00 bits per heavy atom. The highest BCUT2D eigenvalue weighted by molar-refractivity contribution is 5.76. The molecule has 0 saturated carbocycles. The van der Waals surface area contributed by atoms with E-state index in [9.17, 15) is 4.79 Å². The lowest BCUT2D eigenvalue weighted by molar-refractivity contribution is -0.132. The highest BCUT2D eigenvalue weighted by atomic mass is 16.5. The molecule has 1 aliphatic rings. The molecule has 4 heterocycles. The van der Waals surface area contributed by atoms with Crippen LogP contribution in [0.3, 0.4) is 0 Å². The molecule has 0 bridgehead atoms. The summed E-state index contributed by atoms with van der Waals surface area (Å²) in [5, 5.41) is 12.6. The molecule has 1 fully saturated rings. The average molecular weight is 353 g/mol. The number of rotatable bonds is 4. The van der Waals surface area contributed by atoms with E-state index in [1.807, 2.05) is 47.5 Å². The first-order valence-electron chi connectivity index (χ1n) is 9.12. The van der Waals surface area contributed by atoms with E-state index in [2.05, 4.69) is 15.4 Å². The van der Waals surface area contributed by atoms with Crippen molar-refractivity contribution in [2.45, 2.75) is 45.4 Å². The number of carbonyl (C=O) groups excluding carboxylic acids is 1. The Morgan fingerprint density at radius 1 is 1.31 bits per heavy atom. The van der Waals surface area contributed by atoms with Crippen LogP contribution in [0.25, 0.3) is 5.65 Å². The first-order chi connectivity index (χ1) is 12.6. The summed E-state index contributed by atoms with van der Waals surface area (Å²) in [6.07, 6.45) is 5.17. The van der Waals surface area contributed by atoms with Crippen molar-refractivity contribution in [3.05, 3.63) is 47.2 Å². The molecular formula is C19H23N5O2. The highest BCUT2D eigenvalue weighted by Crippen LogP contribution is 2.26. The molecule has 0 radical (unpaired) electrons. The minimum atomic E-state index is 0.184. The molecular weight excluding hydrogens is 330 g/mol. The Hall–Kier alpha value is -2.70. The molecule has 1 amide bonds. The second kappa shape index (κ2) is 6.90. The number of pyridine rings is 1. The summed E-state index contributed by atoms with van der Waals surface area (Å²) in [6, 6.07) is 5.89. The van der Waals surface area contributed by atoms with E-state index < -0.39 is 0 Å². The maximum atomic E-state index is 12.7. The van der Waals surface area contributed by atoms with Gasteiger partial charge < -0.3 is 9.42 Å². The number of aryl methyl sites for hydroxylation is 2. The number of piperidine rings is 1. The van der Waals surface area contributed by atoms with Gasteiger partial charge in [-0.3, -0.25) is 9.20 Å². The summed E-state index contributed by atoms with van der Waals surface area (Å²) < 4.78 is 7.22. The van der Waals surface area contributed by atoms with Crippen molar-refractivity contribution in [2.75, 3.05) is 13.1 Å². The number of hydrogen-bond acceptors (Lipinski definition) is 5. The van der Waals surface area contributed by atoms with E-state index in [4.69, 9.17) is 4.52 Å². The average Bonchev–Trinajstić information content (AvgIpc) is 3.23. The fourth-order valence-electron chi connectivity index (χ4n) is 3.80. The van der Waals surface area contributed by atoms with Crippen molar-refractivity contribution in [3.63, 3.8) is 0 Å². The molecule has 7 heteroatoms. The number of amides is 1. The van der Waals surface area contributed by atoms with Crippen LogP contribution in [-0.4, -0.2) is 43.7 Å². The van der Waals surface area contributed by atoms with E-state index in [0.717, 1.165) is 47.9 Å². The quantitative estimate of drug-likeness (QED) is 0.721. The standard InChI is InChI=1S/C19H23N5O2/c1-13-16(14(2)26-22-13)8-9-18(25)23-10-5-6-15(12-23)19-21-20-17-7-3-4-11-24(17)19/h3-4,7,11,15H,5-6,8-10,12H2,1-2H3. The molecule has 0 N–H and O–H groups in total. The Labute approximate surface area is 152 Å². The zero-order valence-electron chi connectivity index (χ0n) is 15.2. The molecule has 4 rings (SSSR count). The Kier molecular flexibility index (Phi) is 4.44. The largest absolute Gasteiger partial charge is 0.361 e. The van der Waals surface area contributed by atoms with Gasteiger partial charge in [-0.2, -0.15) is 0 Å². The first-order valence-corrected chi connectivity index (χ1v) is 9.12. The SMILES string of the molecule is Cc1noc(C)c1CCC(=O)N1CCCC(c2nnc3ccccn23)C1. The van der Waals surface area contributed by atoms with Crippen molar-refractivity contribution in [1.82, 2.24) is 24.7 Å². The molecule has 0 aromatic carbocycles. The molecule has 1 unspecified atom stereocenters. The topological polar surface area (TPSA) is 76.5 Å². The van der Waals surface area contributed by atoms with Crippen molar-refractivity contribution in [1.29, 1.82) is 0 Å². The molecule has 1 saturated heterocycles. The van der Waals surface area contributed by atoms with Crippen LogP contribution in [0.15, 0.2) is 28.9 Å². The number of fused-ring (bicyclic) bond motifs is 1. The summed E-state index contributed by atoms with van der Waals surface area (Å²) in [6.45, 7) is 5.33. The van der Waals surface area contributed by atoms with Crippen molar-refractivity contribution in [3.8, 4) is 0 Å². The van der Waals surface area contributed by atoms with Gasteiger partial charge in [0.05, 0.1) is 5.69 Å². The van der Waals surface area contributed by atoms with Crippen LogP contribution < -0.4 is 0 Å². The van der Waals surface area contributed by atoms with Crippen molar-refractivity contribution < 1.29 is 9.32 Å². The lowest BCUT2D eigenvalue weighted by Crippen LogP contribution is -2.39. The van der Waals surface area contributed by atoms with Crippen LogP contribution in [0.4, 0.5) is 0 Å². The van der Waals surface area contributed by atoms with Gasteiger partial charge in [-0.15, -0.1) is 10.2 Å². The lowest BCUT2D eigenvalue weighted by Gasteiger charge is -2.32. The molecule has 26 heavy (non-hydrogen) atoms. The van der Waals surface area contributed by atoms with Gasteiger partial charge in [0.15, 0.2) is 5.65 Å². The smallest absolute Gasteiger partial charge is 0.222 e. The van der Waals surface area contributed by atoms with Gasteiger partial charge in [-0.05, 0) is 45.2 Å². The molecule has 1 aliphatic heterocycles. The van der Waals surface area contributed by atoms with Gasteiger partial charge in [-0.1, -0.05) is 11.2 Å². The first kappa shape index (κ1) is 16.8. The molecule has 136 valence electrons. The van der Waals surface area contributed by atoms with Gasteiger partial charge >= 0.3 is 0 Å². The molecule has 0 aliphatic carbocycles. The number of likely N-dealkylation sites (tertiary alicyclic amines) is 1. The minimum Gasteiger partial charge on any atom is -0.361 e. The fraction of sp³-hybridized carbons (Fsp3) is 0.474. The maximum Gasteiger partial charge on any atom is 0.222 e. The van der Waals surface area contributed by atoms with Crippen LogP contribution in [0.2, 0.25) is 0 Å². The summed E-state index contributed by atoms with van der Waals surface area (Å²) in [5.74, 6) is 2.17. The summed E-state index contributed by atoms with van der Waals surface area (Å²) in [5.41, 5.74) is 2.78. The van der Waals surface area contributed by atoms with Crippen LogP contribution >= 0.6 is 0 Å². The van der Waals surface area contributed by atoms with Crippen LogP contribution in [0, 0.1) is 13.8 Å². The third-order valence-electron chi connectivity index (χ3n) is 5.25. The fourth-order valence-corrected chi connectivity index (χ4v) is 3.80. The summed E-state index contributed by atoms with van der Waals surface area (Å²) in [4.78, 5) is 14.7. The van der Waals surface area contributed by atoms with E-state index in [0.29, 0.717) is 19.4 Å². The van der Waals surface area contributed by atoms with Crippen LogP contribution in [0.1, 0.15) is 48.0 Å². The predicted octanol–water partition coefficient (Wildman–Crippen LogP) is 2.67. The van der Waals surface area contributed by atoms with Gasteiger partial charge in [0.2, 0.25) is 5.91 Å². The normalized spacial score (nSPS) is 17.8. The van der Waals surface area contributed by atoms with Crippen molar-refractivity contribution >= 4 is 11.6 Å². The monoisotopic (exact) mass is 353 g/mol. The van der Waals surface area contributed by atoms with Gasteiger partial charge in [-0.25, -0.2) is 0 Å². The Morgan fingerprint density at radius 2 is 2.19 bits per heavy atom. The van der Waals surface area contributed by atoms with E-state index in [1.54, 1.807) is 0 Å². The highest BCUT2D eigenvalue weighted by Gasteiger charge is 2.28. The number of aromatic nitrogens is 4. The van der Waals surface area contributed by atoms with Crippen molar-refractivity contribution in [2.24, 2.45) is 0 Å². The summed E-state index contributed by atoms with van der Waals surface area (Å²) in [7, 11) is 0. The number of hydrogen-bond donors (Lipinski definition) is 0. The van der Waals surface area contributed by atoms with Gasteiger partial charge in [0, 0.05) is 37.2 Å². The van der Waals surface area contributed by atoms with Gasteiger partial charge in [0.1, 0.15) is 11.6 Å². The molecule has 7 nitrogen and oxygen atoms in total. The predicted molar refractivity (Wildman–Crippen MR) is 95.8 cm³/mol. The zero-order chi connectivity index (χ0) is 18.1. The molecule has 3 aromatic heterocycles. The van der Waals surface area contributed by atoms with E-state index in [1.165, 1.54) is 0 Å². The second-order valence-electron chi connectivity index (χ2n) is 6.97. The third kappa shape index (κ3) is 3.09. The van der Waals surface area contributed by atoms with E-state index >= 15 is 0 Å². The maximum absolute atomic E-state index is 12.7. The molecule has 3 aromatic rings. The minimum absolute atomic E-state index is 0.184. The van der Waals surface area contributed by atoms with Gasteiger partial charge in [0.25, 0.3) is 0 Å². The van der Waals surface area contributed by atoms with E-state index in [-0.39, 0.29) is 11.8 Å². The second-order valence-corrected chi connectivity index (χ2v) is 6.97. The lowest BCUT2D eigenvalue weighted by atomic mass is 9.96. The third-order valence-corrected chi connectivity index (χ3v) is 5.25. The van der Waals surface area contributed by atoms with Crippen LogP contribution in [-0.2, 0) is 11.2 Å². The Balaban J connectivity index is 1.44. The zero-order valence-corrected chi connectivity index (χ0v) is 15.2. The van der Waals surface area contributed by atoms with Crippen LogP contribution in [0.5, 0.6) is 0 Å². The molecule has 1 atom stereocenters. The Bertz CT molecular complexity index is 910. The number of carbonyl (C=O) groups is 1. The number of nitrogens with zero attached hydrogens (tertiary/aromatic N) is 5.